The summed E-state index contributed by atoms with van der Waals surface area (Å²) in [6.45, 7) is 6.23. The molecule has 1 N–H and O–H groups in total. The Morgan fingerprint density at radius 1 is 1.35 bits per heavy atom. The minimum Gasteiger partial charge on any atom is -0.408 e. The number of nitrogens with zero attached hydrogens (tertiary/aromatic N) is 1. The standard InChI is InChI=1S/C15H20N2O3/c1-15(2,3)13(18)16-8-7-10-5-6-12-11(9-10)17(4)14(19)20-12/h5-6,9H,7-8H2,1-4H3,(H,16,18). The fourth-order valence-corrected chi connectivity index (χ4v) is 1.91. The van der Waals surface area contributed by atoms with Crippen LogP contribution in [0.3, 0.4) is 0 Å². The number of nitrogens with one attached hydrogen (secondary N) is 1. The molecule has 0 atom stereocenters. The molecule has 1 heterocycles. The summed E-state index contributed by atoms with van der Waals surface area (Å²) in [6.07, 6.45) is 0.719. The van der Waals surface area contributed by atoms with Gasteiger partial charge in [-0.2, -0.15) is 0 Å². The van der Waals surface area contributed by atoms with E-state index in [0.29, 0.717) is 12.1 Å². The van der Waals surface area contributed by atoms with Gasteiger partial charge in [0.05, 0.1) is 5.52 Å². The van der Waals surface area contributed by atoms with Crippen LogP contribution in [0.15, 0.2) is 27.4 Å². The molecule has 0 radical (unpaired) electrons. The number of fused-ring (bicyclic) bond motifs is 1. The average molecular weight is 276 g/mol. The first-order chi connectivity index (χ1) is 9.29. The molecule has 0 aliphatic heterocycles. The topological polar surface area (TPSA) is 64.2 Å². The van der Waals surface area contributed by atoms with Crippen LogP contribution in [-0.4, -0.2) is 17.0 Å². The highest BCUT2D eigenvalue weighted by molar-refractivity contribution is 5.81. The van der Waals surface area contributed by atoms with Crippen molar-refractivity contribution in [1.82, 2.24) is 9.88 Å². The molecule has 5 heteroatoms. The van der Waals surface area contributed by atoms with E-state index in [2.05, 4.69) is 5.32 Å². The molecular formula is C15H20N2O3. The average Bonchev–Trinajstić information content (AvgIpc) is 2.64. The number of hydrogen-bond donors (Lipinski definition) is 1. The number of carbonyl (C=O) groups excluding carboxylic acids is 1. The predicted molar refractivity (Wildman–Crippen MR) is 77.6 cm³/mol. The second kappa shape index (κ2) is 5.15. The molecule has 0 bridgehead atoms. The largest absolute Gasteiger partial charge is 0.419 e. The van der Waals surface area contributed by atoms with E-state index in [1.807, 2.05) is 32.9 Å². The maximum Gasteiger partial charge on any atom is 0.419 e. The first-order valence-electron chi connectivity index (χ1n) is 6.66. The molecule has 1 aromatic carbocycles. The second-order valence-corrected chi connectivity index (χ2v) is 5.98. The Labute approximate surface area is 117 Å². The molecule has 0 spiro atoms. The highest BCUT2D eigenvalue weighted by atomic mass is 16.4. The van der Waals surface area contributed by atoms with Crippen molar-refractivity contribution in [1.29, 1.82) is 0 Å². The molecular weight excluding hydrogens is 256 g/mol. The highest BCUT2D eigenvalue weighted by Crippen LogP contribution is 2.15. The summed E-state index contributed by atoms with van der Waals surface area (Å²) in [5.74, 6) is -0.326. The van der Waals surface area contributed by atoms with Crippen LogP contribution in [0.2, 0.25) is 0 Å². The molecule has 0 fully saturated rings. The molecule has 0 unspecified atom stereocenters. The van der Waals surface area contributed by atoms with E-state index in [1.165, 1.54) is 4.57 Å². The van der Waals surface area contributed by atoms with Crippen LogP contribution < -0.4 is 11.1 Å². The van der Waals surface area contributed by atoms with Gasteiger partial charge in [0.25, 0.3) is 0 Å². The molecule has 1 aromatic heterocycles. The van der Waals surface area contributed by atoms with Gasteiger partial charge in [0.1, 0.15) is 0 Å². The molecule has 2 rings (SSSR count). The third-order valence-corrected chi connectivity index (χ3v) is 3.24. The Morgan fingerprint density at radius 3 is 2.70 bits per heavy atom. The molecule has 1 amide bonds. The Morgan fingerprint density at radius 2 is 2.05 bits per heavy atom. The maximum absolute atomic E-state index is 11.8. The lowest BCUT2D eigenvalue weighted by molar-refractivity contribution is -0.128. The smallest absolute Gasteiger partial charge is 0.408 e. The number of amides is 1. The minimum atomic E-state index is -0.377. The first kappa shape index (κ1) is 14.4. The quantitative estimate of drug-likeness (QED) is 0.930. The van der Waals surface area contributed by atoms with E-state index in [-0.39, 0.29) is 17.1 Å². The van der Waals surface area contributed by atoms with Crippen LogP contribution >= 0.6 is 0 Å². The molecule has 2 aromatic rings. The normalized spacial score (nSPS) is 11.8. The molecule has 5 nitrogen and oxygen atoms in total. The lowest BCUT2D eigenvalue weighted by Crippen LogP contribution is -2.35. The third kappa shape index (κ3) is 2.92. The van der Waals surface area contributed by atoms with Gasteiger partial charge in [0, 0.05) is 19.0 Å². The van der Waals surface area contributed by atoms with Gasteiger partial charge in [-0.1, -0.05) is 26.8 Å². The SMILES string of the molecule is Cn1c(=O)oc2ccc(CCNC(=O)C(C)(C)C)cc21. The van der Waals surface area contributed by atoms with E-state index < -0.39 is 0 Å². The maximum atomic E-state index is 11.8. The summed E-state index contributed by atoms with van der Waals surface area (Å²) in [5, 5.41) is 2.91. The second-order valence-electron chi connectivity index (χ2n) is 5.98. The zero-order chi connectivity index (χ0) is 14.9. The molecule has 108 valence electrons. The number of carbonyl (C=O) groups is 1. The van der Waals surface area contributed by atoms with Gasteiger partial charge in [-0.05, 0) is 24.1 Å². The molecule has 20 heavy (non-hydrogen) atoms. The Hall–Kier alpha value is -2.04. The van der Waals surface area contributed by atoms with Crippen molar-refractivity contribution in [3.63, 3.8) is 0 Å². The number of rotatable bonds is 3. The van der Waals surface area contributed by atoms with Gasteiger partial charge in [-0.25, -0.2) is 4.79 Å². The highest BCUT2D eigenvalue weighted by Gasteiger charge is 2.20. The number of benzene rings is 1. The number of oxazole rings is 1. The number of aryl methyl sites for hydroxylation is 1. The summed E-state index contributed by atoms with van der Waals surface area (Å²) in [6, 6.07) is 5.62. The monoisotopic (exact) mass is 276 g/mol. The van der Waals surface area contributed by atoms with Crippen molar-refractivity contribution >= 4 is 17.0 Å². The summed E-state index contributed by atoms with van der Waals surface area (Å²) in [7, 11) is 1.68. The van der Waals surface area contributed by atoms with Gasteiger partial charge in [0.15, 0.2) is 5.58 Å². The van der Waals surface area contributed by atoms with Crippen molar-refractivity contribution in [3.05, 3.63) is 34.3 Å². The van der Waals surface area contributed by atoms with E-state index in [0.717, 1.165) is 17.5 Å². The number of aromatic nitrogens is 1. The van der Waals surface area contributed by atoms with Gasteiger partial charge in [0.2, 0.25) is 5.91 Å². The van der Waals surface area contributed by atoms with Crippen LogP contribution in [0.4, 0.5) is 0 Å². The number of hydrogen-bond acceptors (Lipinski definition) is 3. The summed E-state index contributed by atoms with van der Waals surface area (Å²) in [5.41, 5.74) is 2.04. The first-order valence-corrected chi connectivity index (χ1v) is 6.66. The van der Waals surface area contributed by atoms with Gasteiger partial charge in [-0.3, -0.25) is 9.36 Å². The van der Waals surface area contributed by atoms with Crippen LogP contribution in [0, 0.1) is 5.41 Å². The lowest BCUT2D eigenvalue weighted by atomic mass is 9.95. The summed E-state index contributed by atoms with van der Waals surface area (Å²) < 4.78 is 6.56. The molecule has 0 aliphatic rings. The van der Waals surface area contributed by atoms with Crippen LogP contribution in [0.25, 0.3) is 11.1 Å². The Kier molecular flexibility index (Phi) is 3.70. The van der Waals surface area contributed by atoms with Crippen molar-refractivity contribution in [2.75, 3.05) is 6.54 Å². The zero-order valence-corrected chi connectivity index (χ0v) is 12.3. The Balaban J connectivity index is 2.06. The van der Waals surface area contributed by atoms with Crippen molar-refractivity contribution in [2.24, 2.45) is 12.5 Å². The van der Waals surface area contributed by atoms with E-state index >= 15 is 0 Å². The van der Waals surface area contributed by atoms with E-state index in [9.17, 15) is 9.59 Å². The molecule has 0 saturated carbocycles. The van der Waals surface area contributed by atoms with Crippen LogP contribution in [0.5, 0.6) is 0 Å². The summed E-state index contributed by atoms with van der Waals surface area (Å²) >= 11 is 0. The van der Waals surface area contributed by atoms with Crippen molar-refractivity contribution in [2.45, 2.75) is 27.2 Å². The van der Waals surface area contributed by atoms with Gasteiger partial charge >= 0.3 is 5.76 Å². The van der Waals surface area contributed by atoms with E-state index in [1.54, 1.807) is 13.1 Å². The fourth-order valence-electron chi connectivity index (χ4n) is 1.91. The van der Waals surface area contributed by atoms with Gasteiger partial charge in [-0.15, -0.1) is 0 Å². The van der Waals surface area contributed by atoms with Crippen molar-refractivity contribution < 1.29 is 9.21 Å². The lowest BCUT2D eigenvalue weighted by Gasteiger charge is -2.17. The summed E-state index contributed by atoms with van der Waals surface area (Å²) in [4.78, 5) is 23.2. The third-order valence-electron chi connectivity index (χ3n) is 3.24. The Bertz CT molecular complexity index is 689. The minimum absolute atomic E-state index is 0.0364. The zero-order valence-electron chi connectivity index (χ0n) is 12.3. The van der Waals surface area contributed by atoms with Crippen LogP contribution in [-0.2, 0) is 18.3 Å². The molecule has 0 saturated heterocycles. The van der Waals surface area contributed by atoms with Gasteiger partial charge < -0.3 is 9.73 Å². The molecule has 0 aliphatic carbocycles. The fraction of sp³-hybridized carbons (Fsp3) is 0.467. The van der Waals surface area contributed by atoms with Crippen LogP contribution in [0.1, 0.15) is 26.3 Å². The van der Waals surface area contributed by atoms with Crippen molar-refractivity contribution in [3.8, 4) is 0 Å². The van der Waals surface area contributed by atoms with E-state index in [4.69, 9.17) is 4.42 Å². The predicted octanol–water partition coefficient (Wildman–Crippen LogP) is 1.84.